The third-order valence-corrected chi connectivity index (χ3v) is 3.16. The highest BCUT2D eigenvalue weighted by atomic mass is 35.5. The molecule has 4 aromatic rings. The summed E-state index contributed by atoms with van der Waals surface area (Å²) in [6, 6.07) is 14.1. The van der Waals surface area contributed by atoms with Crippen LogP contribution in [0.4, 0.5) is 11.4 Å². The van der Waals surface area contributed by atoms with E-state index in [1.54, 1.807) is 24.5 Å². The van der Waals surface area contributed by atoms with Crippen molar-refractivity contribution in [1.29, 1.82) is 0 Å². The lowest BCUT2D eigenvalue weighted by Crippen LogP contribution is -1.86. The molecule has 7 heteroatoms. The van der Waals surface area contributed by atoms with Crippen LogP contribution in [0.25, 0.3) is 21.9 Å². The number of nitrogens with two attached hydrogens (primary N) is 1. The molecule has 2 heterocycles. The van der Waals surface area contributed by atoms with Crippen LogP contribution in [-0.4, -0.2) is 4.92 Å². The minimum Gasteiger partial charge on any atom is -0.462 e. The summed E-state index contributed by atoms with van der Waals surface area (Å²) in [5.74, 6) is 0. The summed E-state index contributed by atoms with van der Waals surface area (Å²) in [5.41, 5.74) is 7.43. The molecule has 118 valence electrons. The lowest BCUT2D eigenvalue weighted by molar-refractivity contribution is -0.383. The predicted molar refractivity (Wildman–Crippen MR) is 90.7 cm³/mol. The van der Waals surface area contributed by atoms with E-state index in [-0.39, 0.29) is 18.1 Å². The van der Waals surface area contributed by atoms with Crippen molar-refractivity contribution in [2.75, 3.05) is 5.73 Å². The summed E-state index contributed by atoms with van der Waals surface area (Å²) < 4.78 is 10.1. The fourth-order valence-corrected chi connectivity index (χ4v) is 2.14. The zero-order chi connectivity index (χ0) is 15.5. The second-order valence-corrected chi connectivity index (χ2v) is 4.56. The van der Waals surface area contributed by atoms with E-state index in [0.29, 0.717) is 11.3 Å². The van der Waals surface area contributed by atoms with E-state index in [1.807, 2.05) is 24.3 Å². The summed E-state index contributed by atoms with van der Waals surface area (Å²) in [6.07, 6.45) is 3.08. The van der Waals surface area contributed by atoms with Crippen molar-refractivity contribution in [3.8, 4) is 0 Å². The van der Waals surface area contributed by atoms with Gasteiger partial charge >= 0.3 is 5.69 Å². The quantitative estimate of drug-likeness (QED) is 0.307. The number of nitro benzene ring substituents is 1. The summed E-state index contributed by atoms with van der Waals surface area (Å²) in [5, 5.41) is 12.3. The Morgan fingerprint density at radius 2 is 1.43 bits per heavy atom. The Kier molecular flexibility index (Phi) is 4.88. The lowest BCUT2D eigenvalue weighted by atomic mass is 10.2. The van der Waals surface area contributed by atoms with Crippen molar-refractivity contribution in [1.82, 2.24) is 0 Å². The molecule has 4 rings (SSSR count). The SMILES string of the molecule is Cl.Nc1cccc2ccoc12.O=[N+]([O-])c1cccc2ccoc12. The van der Waals surface area contributed by atoms with E-state index in [4.69, 9.17) is 14.6 Å². The normalized spacial score (nSPS) is 9.91. The van der Waals surface area contributed by atoms with Gasteiger partial charge in [0, 0.05) is 16.8 Å². The van der Waals surface area contributed by atoms with Crippen LogP contribution in [0.2, 0.25) is 0 Å². The molecule has 0 spiro atoms. The molecule has 0 atom stereocenters. The van der Waals surface area contributed by atoms with Crippen LogP contribution in [-0.2, 0) is 0 Å². The second kappa shape index (κ2) is 6.85. The molecule has 0 saturated carbocycles. The van der Waals surface area contributed by atoms with Gasteiger partial charge in [-0.25, -0.2) is 0 Å². The maximum absolute atomic E-state index is 10.5. The first-order valence-corrected chi connectivity index (χ1v) is 6.49. The number of fused-ring (bicyclic) bond motifs is 2. The fraction of sp³-hybridized carbons (Fsp3) is 0. The van der Waals surface area contributed by atoms with Crippen molar-refractivity contribution in [2.45, 2.75) is 0 Å². The third-order valence-electron chi connectivity index (χ3n) is 3.16. The predicted octanol–water partition coefficient (Wildman–Crippen LogP) is 4.78. The number of benzene rings is 2. The van der Waals surface area contributed by atoms with Crippen molar-refractivity contribution < 1.29 is 13.8 Å². The number of furan rings is 2. The standard InChI is InChI=1S/C8H5NO3.C8H7NO.ClH/c10-9(11)7-3-1-2-6-4-5-12-8(6)7;9-7-3-1-2-6-4-5-10-8(6)7;/h1-5H;1-5H,9H2;1H. The average molecular weight is 333 g/mol. The molecule has 6 nitrogen and oxygen atoms in total. The van der Waals surface area contributed by atoms with Gasteiger partial charge in [-0.05, 0) is 18.2 Å². The van der Waals surface area contributed by atoms with Crippen LogP contribution in [0.1, 0.15) is 0 Å². The van der Waals surface area contributed by atoms with Gasteiger partial charge in [-0.15, -0.1) is 12.4 Å². The van der Waals surface area contributed by atoms with Gasteiger partial charge in [0.2, 0.25) is 5.58 Å². The van der Waals surface area contributed by atoms with E-state index in [2.05, 4.69) is 0 Å². The molecule has 0 aliphatic carbocycles. The van der Waals surface area contributed by atoms with Gasteiger partial charge in [0.25, 0.3) is 0 Å². The molecule has 0 aliphatic heterocycles. The van der Waals surface area contributed by atoms with Crippen LogP contribution >= 0.6 is 12.4 Å². The van der Waals surface area contributed by atoms with Gasteiger partial charge in [-0.1, -0.05) is 24.3 Å². The summed E-state index contributed by atoms with van der Waals surface area (Å²) in [6.45, 7) is 0. The van der Waals surface area contributed by atoms with Crippen LogP contribution in [0.3, 0.4) is 0 Å². The Morgan fingerprint density at radius 1 is 0.870 bits per heavy atom. The number of nitro groups is 1. The average Bonchev–Trinajstić information content (AvgIpc) is 3.16. The number of para-hydroxylation sites is 2. The van der Waals surface area contributed by atoms with Gasteiger partial charge in [0.1, 0.15) is 0 Å². The maximum Gasteiger partial charge on any atom is 0.312 e. The number of halogens is 1. The summed E-state index contributed by atoms with van der Waals surface area (Å²) >= 11 is 0. The Bertz CT molecular complexity index is 945. The lowest BCUT2D eigenvalue weighted by Gasteiger charge is -1.90. The molecule has 0 bridgehead atoms. The number of hydrogen-bond donors (Lipinski definition) is 1. The van der Waals surface area contributed by atoms with Crippen molar-refractivity contribution >= 4 is 45.7 Å². The molecule has 2 aromatic heterocycles. The summed E-state index contributed by atoms with van der Waals surface area (Å²) in [4.78, 5) is 10.0. The zero-order valence-corrected chi connectivity index (χ0v) is 12.7. The Morgan fingerprint density at radius 3 is 2.04 bits per heavy atom. The first-order chi connectivity index (χ1) is 10.7. The summed E-state index contributed by atoms with van der Waals surface area (Å²) in [7, 11) is 0. The number of anilines is 1. The molecule has 23 heavy (non-hydrogen) atoms. The topological polar surface area (TPSA) is 95.4 Å². The molecule has 0 fully saturated rings. The fourth-order valence-electron chi connectivity index (χ4n) is 2.14. The van der Waals surface area contributed by atoms with E-state index in [0.717, 1.165) is 16.4 Å². The molecular weight excluding hydrogens is 320 g/mol. The number of nitrogen functional groups attached to an aromatic ring is 1. The zero-order valence-electron chi connectivity index (χ0n) is 11.8. The van der Waals surface area contributed by atoms with Gasteiger partial charge in [-0.3, -0.25) is 10.1 Å². The van der Waals surface area contributed by atoms with E-state index < -0.39 is 4.92 Å². The molecular formula is C16H13ClN2O4. The van der Waals surface area contributed by atoms with Gasteiger partial charge in [-0.2, -0.15) is 0 Å². The van der Waals surface area contributed by atoms with Gasteiger partial charge in [0.15, 0.2) is 5.58 Å². The van der Waals surface area contributed by atoms with E-state index >= 15 is 0 Å². The highest BCUT2D eigenvalue weighted by Gasteiger charge is 2.12. The Balaban J connectivity index is 0.000000162. The van der Waals surface area contributed by atoms with Gasteiger partial charge in [0.05, 0.1) is 23.1 Å². The van der Waals surface area contributed by atoms with Crippen LogP contribution in [0, 0.1) is 10.1 Å². The van der Waals surface area contributed by atoms with E-state index in [9.17, 15) is 10.1 Å². The Labute approximate surface area is 137 Å². The number of non-ortho nitro benzene ring substituents is 1. The molecule has 0 unspecified atom stereocenters. The van der Waals surface area contributed by atoms with Crippen molar-refractivity contribution in [3.63, 3.8) is 0 Å². The largest absolute Gasteiger partial charge is 0.462 e. The molecule has 0 radical (unpaired) electrons. The smallest absolute Gasteiger partial charge is 0.312 e. The minimum absolute atomic E-state index is 0. The molecule has 0 aliphatic rings. The van der Waals surface area contributed by atoms with Crippen LogP contribution in [0.5, 0.6) is 0 Å². The van der Waals surface area contributed by atoms with E-state index in [1.165, 1.54) is 12.3 Å². The van der Waals surface area contributed by atoms with Crippen molar-refractivity contribution in [3.05, 3.63) is 71.2 Å². The number of rotatable bonds is 1. The monoisotopic (exact) mass is 332 g/mol. The molecule has 2 N–H and O–H groups in total. The minimum atomic E-state index is -0.453. The number of nitrogens with zero attached hydrogens (tertiary/aromatic N) is 1. The molecule has 0 saturated heterocycles. The van der Waals surface area contributed by atoms with Crippen LogP contribution in [0.15, 0.2) is 69.9 Å². The second-order valence-electron chi connectivity index (χ2n) is 4.56. The first kappa shape index (κ1) is 16.4. The number of hydrogen-bond acceptors (Lipinski definition) is 5. The third kappa shape index (κ3) is 3.27. The first-order valence-electron chi connectivity index (χ1n) is 6.49. The van der Waals surface area contributed by atoms with Gasteiger partial charge < -0.3 is 14.6 Å². The van der Waals surface area contributed by atoms with Crippen molar-refractivity contribution in [2.24, 2.45) is 0 Å². The van der Waals surface area contributed by atoms with Crippen LogP contribution < -0.4 is 5.73 Å². The Hall–Kier alpha value is -2.99. The highest BCUT2D eigenvalue weighted by molar-refractivity contribution is 5.87. The molecule has 0 amide bonds. The molecule has 2 aromatic carbocycles. The maximum atomic E-state index is 10.5. The highest BCUT2D eigenvalue weighted by Crippen LogP contribution is 2.25.